The summed E-state index contributed by atoms with van der Waals surface area (Å²) in [7, 11) is 0. The van der Waals surface area contributed by atoms with Crippen LogP contribution in [0.1, 0.15) is 21.5 Å². The number of carbonyl (C=O) groups is 1. The van der Waals surface area contributed by atoms with Gasteiger partial charge in [-0.25, -0.2) is 4.98 Å². The van der Waals surface area contributed by atoms with Crippen molar-refractivity contribution in [3.63, 3.8) is 0 Å². The smallest absolute Gasteiger partial charge is 0.263 e. The maximum atomic E-state index is 12.6. The molecule has 5 nitrogen and oxygen atoms in total. The van der Waals surface area contributed by atoms with Gasteiger partial charge in [0.05, 0.1) is 18.4 Å². The highest BCUT2D eigenvalue weighted by atomic mass is 79.9. The largest absolute Gasteiger partial charge is 0.320 e. The van der Waals surface area contributed by atoms with E-state index in [1.807, 2.05) is 31.2 Å². The van der Waals surface area contributed by atoms with Crippen LogP contribution >= 0.6 is 15.9 Å². The monoisotopic (exact) mass is 397 g/mol. The minimum Gasteiger partial charge on any atom is -0.320 e. The number of halogens is 1. The lowest BCUT2D eigenvalue weighted by Gasteiger charge is -2.09. The van der Waals surface area contributed by atoms with E-state index < -0.39 is 5.91 Å². The highest BCUT2D eigenvalue weighted by Gasteiger charge is 2.13. The van der Waals surface area contributed by atoms with Crippen molar-refractivity contribution < 1.29 is 4.79 Å². The Labute approximate surface area is 153 Å². The zero-order valence-electron chi connectivity index (χ0n) is 13.6. The Morgan fingerprint density at radius 2 is 2.04 bits per heavy atom. The molecule has 0 radical (unpaired) electrons. The second-order valence-electron chi connectivity index (χ2n) is 5.67. The average Bonchev–Trinajstić information content (AvgIpc) is 2.59. The fourth-order valence-electron chi connectivity index (χ4n) is 2.49. The Morgan fingerprint density at radius 3 is 2.76 bits per heavy atom. The van der Waals surface area contributed by atoms with Gasteiger partial charge in [-0.2, -0.15) is 0 Å². The van der Waals surface area contributed by atoms with Crippen molar-refractivity contribution in [2.24, 2.45) is 0 Å². The van der Waals surface area contributed by atoms with Crippen LogP contribution in [0.25, 0.3) is 0 Å². The third-order valence-corrected chi connectivity index (χ3v) is 4.15. The average molecular weight is 398 g/mol. The Hall–Kier alpha value is -2.73. The first-order valence-corrected chi connectivity index (χ1v) is 8.50. The van der Waals surface area contributed by atoms with Crippen molar-refractivity contribution in [1.82, 2.24) is 9.55 Å². The van der Waals surface area contributed by atoms with Crippen LogP contribution in [0.2, 0.25) is 0 Å². The zero-order chi connectivity index (χ0) is 17.8. The Bertz CT molecular complexity index is 965. The molecule has 0 saturated carbocycles. The number of anilines is 1. The second-order valence-corrected chi connectivity index (χ2v) is 6.48. The molecule has 3 aromatic rings. The van der Waals surface area contributed by atoms with E-state index in [0.717, 1.165) is 11.1 Å². The highest BCUT2D eigenvalue weighted by molar-refractivity contribution is 9.10. The van der Waals surface area contributed by atoms with Gasteiger partial charge in [-0.05, 0) is 52.7 Å². The summed E-state index contributed by atoms with van der Waals surface area (Å²) in [5.41, 5.74) is 2.44. The van der Waals surface area contributed by atoms with Gasteiger partial charge in [-0.15, -0.1) is 0 Å². The quantitative estimate of drug-likeness (QED) is 0.683. The van der Waals surface area contributed by atoms with Gasteiger partial charge in [0, 0.05) is 6.20 Å². The first-order valence-electron chi connectivity index (χ1n) is 7.71. The molecule has 25 heavy (non-hydrogen) atoms. The molecule has 2 aromatic heterocycles. The SMILES string of the molecule is Cc1cccc(Cn2cccc(C(=O)Nc3ccc(Br)nc3)c2=O)c1. The number of nitrogens with zero attached hydrogens (tertiary/aromatic N) is 2. The van der Waals surface area contributed by atoms with E-state index in [-0.39, 0.29) is 11.1 Å². The van der Waals surface area contributed by atoms with Crippen molar-refractivity contribution in [3.05, 3.63) is 92.6 Å². The number of nitrogens with one attached hydrogen (secondary N) is 1. The number of amides is 1. The van der Waals surface area contributed by atoms with Crippen LogP contribution < -0.4 is 10.9 Å². The number of rotatable bonds is 4. The van der Waals surface area contributed by atoms with Crippen molar-refractivity contribution >= 4 is 27.5 Å². The van der Waals surface area contributed by atoms with E-state index in [1.165, 1.54) is 16.8 Å². The molecule has 0 aliphatic heterocycles. The zero-order valence-corrected chi connectivity index (χ0v) is 15.2. The molecule has 0 aliphatic rings. The highest BCUT2D eigenvalue weighted by Crippen LogP contribution is 2.11. The molecular weight excluding hydrogens is 382 g/mol. The van der Waals surface area contributed by atoms with E-state index in [9.17, 15) is 9.59 Å². The van der Waals surface area contributed by atoms with Gasteiger partial charge in [0.2, 0.25) is 0 Å². The van der Waals surface area contributed by atoms with Gasteiger partial charge in [-0.1, -0.05) is 29.8 Å². The molecule has 0 atom stereocenters. The Kier molecular flexibility index (Phi) is 5.09. The Balaban J connectivity index is 1.84. The maximum Gasteiger partial charge on any atom is 0.263 e. The van der Waals surface area contributed by atoms with E-state index in [0.29, 0.717) is 16.8 Å². The summed E-state index contributed by atoms with van der Waals surface area (Å²) in [6, 6.07) is 14.6. The predicted molar refractivity (Wildman–Crippen MR) is 101 cm³/mol. The number of benzene rings is 1. The molecule has 0 bridgehead atoms. The maximum absolute atomic E-state index is 12.6. The van der Waals surface area contributed by atoms with Crippen molar-refractivity contribution in [3.8, 4) is 0 Å². The number of pyridine rings is 2. The number of carbonyl (C=O) groups excluding carboxylic acids is 1. The van der Waals surface area contributed by atoms with E-state index in [2.05, 4.69) is 26.2 Å². The van der Waals surface area contributed by atoms with Gasteiger partial charge in [0.25, 0.3) is 11.5 Å². The van der Waals surface area contributed by atoms with Gasteiger partial charge in [0.1, 0.15) is 10.2 Å². The lowest BCUT2D eigenvalue weighted by Crippen LogP contribution is -2.29. The molecule has 126 valence electrons. The standard InChI is InChI=1S/C19H16BrN3O2/c1-13-4-2-5-14(10-13)12-23-9-3-6-16(19(23)25)18(24)22-15-7-8-17(20)21-11-15/h2-11H,12H2,1H3,(H,22,24). The Morgan fingerprint density at radius 1 is 1.20 bits per heavy atom. The summed E-state index contributed by atoms with van der Waals surface area (Å²) >= 11 is 3.24. The fourth-order valence-corrected chi connectivity index (χ4v) is 2.72. The van der Waals surface area contributed by atoms with Crippen LogP contribution in [0.4, 0.5) is 5.69 Å². The first-order chi connectivity index (χ1) is 12.0. The first kappa shape index (κ1) is 17.1. The van der Waals surface area contributed by atoms with Gasteiger partial charge < -0.3 is 9.88 Å². The third kappa shape index (κ3) is 4.22. The van der Waals surface area contributed by atoms with E-state index >= 15 is 0 Å². The summed E-state index contributed by atoms with van der Waals surface area (Å²) in [5, 5.41) is 2.69. The molecule has 0 saturated heterocycles. The van der Waals surface area contributed by atoms with E-state index in [1.54, 1.807) is 24.4 Å². The van der Waals surface area contributed by atoms with Gasteiger partial charge in [-0.3, -0.25) is 9.59 Å². The number of hydrogen-bond acceptors (Lipinski definition) is 3. The van der Waals surface area contributed by atoms with Crippen LogP contribution in [0.15, 0.2) is 70.3 Å². The van der Waals surface area contributed by atoms with Gasteiger partial charge in [0.15, 0.2) is 0 Å². The van der Waals surface area contributed by atoms with Crippen LogP contribution in [0.5, 0.6) is 0 Å². The molecule has 2 heterocycles. The summed E-state index contributed by atoms with van der Waals surface area (Å²) in [6.07, 6.45) is 3.21. The van der Waals surface area contributed by atoms with E-state index in [4.69, 9.17) is 0 Å². The van der Waals surface area contributed by atoms with Crippen LogP contribution in [0.3, 0.4) is 0 Å². The molecule has 0 unspecified atom stereocenters. The molecular formula is C19H16BrN3O2. The number of aromatic nitrogens is 2. The molecule has 3 rings (SSSR count). The third-order valence-electron chi connectivity index (χ3n) is 3.69. The minimum absolute atomic E-state index is 0.0954. The lowest BCUT2D eigenvalue weighted by atomic mass is 10.1. The minimum atomic E-state index is -0.451. The fraction of sp³-hybridized carbons (Fsp3) is 0.105. The molecule has 1 amide bonds. The lowest BCUT2D eigenvalue weighted by molar-refractivity contribution is 0.102. The van der Waals surface area contributed by atoms with Crippen molar-refractivity contribution in [2.75, 3.05) is 5.32 Å². The molecule has 1 N–H and O–H groups in total. The normalized spacial score (nSPS) is 10.5. The molecule has 6 heteroatoms. The van der Waals surface area contributed by atoms with Gasteiger partial charge >= 0.3 is 0 Å². The predicted octanol–water partition coefficient (Wildman–Crippen LogP) is 3.61. The van der Waals surface area contributed by atoms with Crippen molar-refractivity contribution in [1.29, 1.82) is 0 Å². The molecule has 0 aliphatic carbocycles. The summed E-state index contributed by atoms with van der Waals surface area (Å²) < 4.78 is 2.20. The summed E-state index contributed by atoms with van der Waals surface area (Å²) in [4.78, 5) is 29.1. The molecule has 0 fully saturated rings. The second kappa shape index (κ2) is 7.44. The molecule has 0 spiro atoms. The molecule has 1 aromatic carbocycles. The topological polar surface area (TPSA) is 64.0 Å². The number of aryl methyl sites for hydroxylation is 1. The van der Waals surface area contributed by atoms with Crippen LogP contribution in [-0.2, 0) is 6.54 Å². The van der Waals surface area contributed by atoms with Crippen LogP contribution in [0, 0.1) is 6.92 Å². The van der Waals surface area contributed by atoms with Crippen molar-refractivity contribution in [2.45, 2.75) is 13.5 Å². The van der Waals surface area contributed by atoms with Crippen LogP contribution in [-0.4, -0.2) is 15.5 Å². The summed E-state index contributed by atoms with van der Waals surface area (Å²) in [5.74, 6) is -0.451. The summed E-state index contributed by atoms with van der Waals surface area (Å²) in [6.45, 7) is 2.42. The number of hydrogen-bond donors (Lipinski definition) is 1.